The fraction of sp³-hybridized carbons (Fsp3) is 0.500. The maximum Gasteiger partial charge on any atom is 0.170 e. The molecule has 0 radical (unpaired) electrons. The quantitative estimate of drug-likeness (QED) is 0.371. The van der Waals surface area contributed by atoms with Crippen LogP contribution in [0.25, 0.3) is 0 Å². The summed E-state index contributed by atoms with van der Waals surface area (Å²) in [6.45, 7) is 1.60. The molecule has 5 heteroatoms. The van der Waals surface area contributed by atoms with Crippen LogP contribution in [0.3, 0.4) is 0 Å². The molecule has 2 rings (SSSR count). The van der Waals surface area contributed by atoms with Crippen LogP contribution in [0.2, 0.25) is 0 Å². The van der Waals surface area contributed by atoms with Gasteiger partial charge in [-0.15, -0.1) is 0 Å². The summed E-state index contributed by atoms with van der Waals surface area (Å²) in [5, 5.41) is 11.4. The summed E-state index contributed by atoms with van der Waals surface area (Å²) in [7, 11) is 2.01. The molecule has 0 unspecified atom stereocenters. The topological polar surface area (TPSA) is 61.8 Å². The standard InChI is InChI=1S/C14H20FN3O/c1-18(8-10-3-2-4-10)9-12-6-5-11(7-13(12)15)14(16)17-19/h5-7,10,19H,2-4,8-9H2,1H3,(H2,16,17). The fourth-order valence-electron chi connectivity index (χ4n) is 2.36. The molecule has 0 amide bonds. The predicted octanol–water partition coefficient (Wildman–Crippen LogP) is 2.15. The predicted molar refractivity (Wildman–Crippen MR) is 72.6 cm³/mol. The number of hydrogen-bond donors (Lipinski definition) is 2. The number of benzene rings is 1. The Balaban J connectivity index is 1.99. The minimum atomic E-state index is -0.315. The summed E-state index contributed by atoms with van der Waals surface area (Å²) in [6.07, 6.45) is 3.89. The third-order valence-corrected chi connectivity index (χ3v) is 3.69. The summed E-state index contributed by atoms with van der Waals surface area (Å²) in [4.78, 5) is 2.14. The van der Waals surface area contributed by atoms with Crippen LogP contribution in [0.1, 0.15) is 30.4 Å². The van der Waals surface area contributed by atoms with E-state index in [1.807, 2.05) is 7.05 Å². The van der Waals surface area contributed by atoms with Gasteiger partial charge in [0.25, 0.3) is 0 Å². The summed E-state index contributed by atoms with van der Waals surface area (Å²) in [5.41, 5.74) is 6.46. The highest BCUT2D eigenvalue weighted by Crippen LogP contribution is 2.27. The van der Waals surface area contributed by atoms with Gasteiger partial charge in [-0.3, -0.25) is 0 Å². The number of nitrogens with two attached hydrogens (primary N) is 1. The first-order chi connectivity index (χ1) is 9.10. The van der Waals surface area contributed by atoms with Crippen molar-refractivity contribution in [3.05, 3.63) is 35.1 Å². The number of rotatable bonds is 5. The molecular weight excluding hydrogens is 245 g/mol. The summed E-state index contributed by atoms with van der Waals surface area (Å²) >= 11 is 0. The summed E-state index contributed by atoms with van der Waals surface area (Å²) < 4.78 is 13.9. The van der Waals surface area contributed by atoms with Crippen LogP contribution in [0, 0.1) is 11.7 Å². The summed E-state index contributed by atoms with van der Waals surface area (Å²) in [5.74, 6) is 0.377. The lowest BCUT2D eigenvalue weighted by Gasteiger charge is -2.30. The molecule has 0 aliphatic heterocycles. The zero-order valence-corrected chi connectivity index (χ0v) is 11.1. The lowest BCUT2D eigenvalue weighted by molar-refractivity contribution is 0.199. The Morgan fingerprint density at radius 2 is 2.26 bits per heavy atom. The van der Waals surface area contributed by atoms with Gasteiger partial charge < -0.3 is 15.8 Å². The number of hydrogen-bond acceptors (Lipinski definition) is 3. The van der Waals surface area contributed by atoms with Crippen LogP contribution in [0.15, 0.2) is 23.4 Å². The van der Waals surface area contributed by atoms with E-state index in [0.717, 1.165) is 12.5 Å². The van der Waals surface area contributed by atoms with E-state index in [-0.39, 0.29) is 11.7 Å². The minimum absolute atomic E-state index is 0.0757. The molecule has 1 fully saturated rings. The van der Waals surface area contributed by atoms with Crippen LogP contribution < -0.4 is 5.73 Å². The number of nitrogens with zero attached hydrogens (tertiary/aromatic N) is 2. The van der Waals surface area contributed by atoms with Crippen molar-refractivity contribution in [3.8, 4) is 0 Å². The molecule has 0 saturated heterocycles. The Morgan fingerprint density at radius 1 is 1.53 bits per heavy atom. The van der Waals surface area contributed by atoms with Gasteiger partial charge in [-0.2, -0.15) is 0 Å². The van der Waals surface area contributed by atoms with Gasteiger partial charge in [0.1, 0.15) is 5.82 Å². The molecule has 0 aromatic heterocycles. The van der Waals surface area contributed by atoms with Crippen LogP contribution in [0.4, 0.5) is 4.39 Å². The molecule has 0 atom stereocenters. The number of amidine groups is 1. The largest absolute Gasteiger partial charge is 0.409 e. The van der Waals surface area contributed by atoms with E-state index >= 15 is 0 Å². The maximum atomic E-state index is 13.9. The van der Waals surface area contributed by atoms with Crippen molar-refractivity contribution in [2.45, 2.75) is 25.8 Å². The average molecular weight is 265 g/mol. The first-order valence-corrected chi connectivity index (χ1v) is 6.55. The Kier molecular flexibility index (Phi) is 4.37. The Bertz CT molecular complexity index is 472. The highest BCUT2D eigenvalue weighted by atomic mass is 19.1. The van der Waals surface area contributed by atoms with Crippen molar-refractivity contribution in [3.63, 3.8) is 0 Å². The van der Waals surface area contributed by atoms with E-state index in [9.17, 15) is 4.39 Å². The average Bonchev–Trinajstić information content (AvgIpc) is 2.35. The van der Waals surface area contributed by atoms with Crippen molar-refractivity contribution >= 4 is 5.84 Å². The van der Waals surface area contributed by atoms with Gasteiger partial charge in [-0.1, -0.05) is 23.7 Å². The normalized spacial score (nSPS) is 16.7. The second-order valence-electron chi connectivity index (χ2n) is 5.29. The molecular formula is C14H20FN3O. The van der Waals surface area contributed by atoms with E-state index in [2.05, 4.69) is 10.1 Å². The molecule has 0 spiro atoms. The van der Waals surface area contributed by atoms with E-state index in [1.165, 1.54) is 25.3 Å². The molecule has 0 heterocycles. The number of oxime groups is 1. The van der Waals surface area contributed by atoms with Gasteiger partial charge >= 0.3 is 0 Å². The molecule has 1 aliphatic rings. The fourth-order valence-corrected chi connectivity index (χ4v) is 2.36. The van der Waals surface area contributed by atoms with Gasteiger partial charge in [0.05, 0.1) is 0 Å². The Morgan fingerprint density at radius 3 is 2.79 bits per heavy atom. The van der Waals surface area contributed by atoms with Crippen molar-refractivity contribution in [1.29, 1.82) is 0 Å². The van der Waals surface area contributed by atoms with Crippen LogP contribution in [-0.4, -0.2) is 29.5 Å². The second-order valence-corrected chi connectivity index (χ2v) is 5.29. The van der Waals surface area contributed by atoms with Gasteiger partial charge in [0.15, 0.2) is 5.84 Å². The number of halogens is 1. The minimum Gasteiger partial charge on any atom is -0.409 e. The zero-order chi connectivity index (χ0) is 13.8. The lowest BCUT2D eigenvalue weighted by atomic mass is 9.85. The van der Waals surface area contributed by atoms with Crippen molar-refractivity contribution in [2.24, 2.45) is 16.8 Å². The third-order valence-electron chi connectivity index (χ3n) is 3.69. The maximum absolute atomic E-state index is 13.9. The first-order valence-electron chi connectivity index (χ1n) is 6.55. The molecule has 0 bridgehead atoms. The van der Waals surface area contributed by atoms with Gasteiger partial charge in [0, 0.05) is 24.2 Å². The molecule has 1 aromatic carbocycles. The molecule has 19 heavy (non-hydrogen) atoms. The highest BCUT2D eigenvalue weighted by Gasteiger charge is 2.19. The van der Waals surface area contributed by atoms with Gasteiger partial charge in [-0.05, 0) is 31.9 Å². The summed E-state index contributed by atoms with van der Waals surface area (Å²) in [6, 6.07) is 4.67. The van der Waals surface area contributed by atoms with E-state index in [4.69, 9.17) is 10.9 Å². The van der Waals surface area contributed by atoms with Crippen LogP contribution in [0.5, 0.6) is 0 Å². The molecule has 1 aliphatic carbocycles. The van der Waals surface area contributed by atoms with Gasteiger partial charge in [-0.25, -0.2) is 4.39 Å². The molecule has 4 nitrogen and oxygen atoms in total. The van der Waals surface area contributed by atoms with Crippen LogP contribution >= 0.6 is 0 Å². The van der Waals surface area contributed by atoms with Crippen molar-refractivity contribution in [2.75, 3.05) is 13.6 Å². The van der Waals surface area contributed by atoms with E-state index < -0.39 is 0 Å². The van der Waals surface area contributed by atoms with Crippen LogP contribution in [-0.2, 0) is 6.54 Å². The third kappa shape index (κ3) is 3.44. The Labute approximate surface area is 112 Å². The smallest absolute Gasteiger partial charge is 0.170 e. The monoisotopic (exact) mass is 265 g/mol. The first kappa shape index (κ1) is 13.8. The SMILES string of the molecule is CN(Cc1ccc(C(N)=NO)cc1F)CC1CCC1. The van der Waals surface area contributed by atoms with E-state index in [1.54, 1.807) is 12.1 Å². The zero-order valence-electron chi connectivity index (χ0n) is 11.1. The van der Waals surface area contributed by atoms with E-state index in [0.29, 0.717) is 17.7 Å². The van der Waals surface area contributed by atoms with Crippen molar-refractivity contribution in [1.82, 2.24) is 4.90 Å². The Hall–Kier alpha value is -1.62. The molecule has 104 valence electrons. The molecule has 1 saturated carbocycles. The van der Waals surface area contributed by atoms with Crippen molar-refractivity contribution < 1.29 is 9.60 Å². The molecule has 3 N–H and O–H groups in total. The highest BCUT2D eigenvalue weighted by molar-refractivity contribution is 5.97. The molecule has 1 aromatic rings. The lowest BCUT2D eigenvalue weighted by Crippen LogP contribution is -2.29. The van der Waals surface area contributed by atoms with Gasteiger partial charge in [0.2, 0.25) is 0 Å². The second kappa shape index (κ2) is 6.02.